The third-order valence-electron chi connectivity index (χ3n) is 2.24. The van der Waals surface area contributed by atoms with Gasteiger partial charge >= 0.3 is 5.69 Å². The summed E-state index contributed by atoms with van der Waals surface area (Å²) >= 11 is 0. The SMILES string of the molecule is CNc1ccc([N+](=O)[O-])c(NC2CC2)n1. The molecule has 1 aromatic rings. The summed E-state index contributed by atoms with van der Waals surface area (Å²) in [5.74, 6) is 0.984. The van der Waals surface area contributed by atoms with Crippen molar-refractivity contribution in [3.8, 4) is 0 Å². The Morgan fingerprint density at radius 1 is 1.53 bits per heavy atom. The van der Waals surface area contributed by atoms with E-state index < -0.39 is 4.92 Å². The molecular weight excluding hydrogens is 196 g/mol. The lowest BCUT2D eigenvalue weighted by Crippen LogP contribution is -2.07. The average Bonchev–Trinajstić information content (AvgIpc) is 3.01. The highest BCUT2D eigenvalue weighted by Crippen LogP contribution is 2.30. The molecule has 0 radical (unpaired) electrons. The maximum absolute atomic E-state index is 10.7. The van der Waals surface area contributed by atoms with Gasteiger partial charge in [0.25, 0.3) is 0 Å². The van der Waals surface area contributed by atoms with Crippen molar-refractivity contribution in [3.63, 3.8) is 0 Å². The number of hydrogen-bond donors (Lipinski definition) is 2. The highest BCUT2D eigenvalue weighted by Gasteiger charge is 2.25. The van der Waals surface area contributed by atoms with Crippen LogP contribution in [0.4, 0.5) is 17.3 Å². The molecule has 1 saturated carbocycles. The monoisotopic (exact) mass is 208 g/mol. The Hall–Kier alpha value is -1.85. The minimum Gasteiger partial charge on any atom is -0.373 e. The smallest absolute Gasteiger partial charge is 0.311 e. The van der Waals surface area contributed by atoms with Gasteiger partial charge < -0.3 is 10.6 Å². The number of nitrogens with zero attached hydrogens (tertiary/aromatic N) is 2. The summed E-state index contributed by atoms with van der Waals surface area (Å²) in [6.45, 7) is 0. The van der Waals surface area contributed by atoms with Crippen LogP contribution in [-0.2, 0) is 0 Å². The number of nitro groups is 1. The van der Waals surface area contributed by atoms with Gasteiger partial charge in [0.05, 0.1) is 4.92 Å². The van der Waals surface area contributed by atoms with Crippen molar-refractivity contribution in [2.75, 3.05) is 17.7 Å². The first-order chi connectivity index (χ1) is 7.20. The van der Waals surface area contributed by atoms with Crippen molar-refractivity contribution in [2.45, 2.75) is 18.9 Å². The van der Waals surface area contributed by atoms with E-state index in [1.165, 1.54) is 6.07 Å². The molecule has 2 N–H and O–H groups in total. The van der Waals surface area contributed by atoms with E-state index in [2.05, 4.69) is 15.6 Å². The zero-order valence-corrected chi connectivity index (χ0v) is 8.36. The van der Waals surface area contributed by atoms with Gasteiger partial charge in [-0.25, -0.2) is 4.98 Å². The van der Waals surface area contributed by atoms with Crippen LogP contribution in [0.15, 0.2) is 12.1 Å². The third kappa shape index (κ3) is 2.15. The predicted molar refractivity (Wildman–Crippen MR) is 57.1 cm³/mol. The van der Waals surface area contributed by atoms with Gasteiger partial charge in [0.1, 0.15) is 5.82 Å². The van der Waals surface area contributed by atoms with Gasteiger partial charge in [-0.3, -0.25) is 10.1 Å². The Labute approximate surface area is 86.9 Å². The molecule has 0 unspecified atom stereocenters. The van der Waals surface area contributed by atoms with E-state index in [9.17, 15) is 10.1 Å². The van der Waals surface area contributed by atoms with Crippen LogP contribution < -0.4 is 10.6 Å². The fourth-order valence-electron chi connectivity index (χ4n) is 1.27. The number of aromatic nitrogens is 1. The Morgan fingerprint density at radius 3 is 2.80 bits per heavy atom. The number of anilines is 2. The fraction of sp³-hybridized carbons (Fsp3) is 0.444. The van der Waals surface area contributed by atoms with Gasteiger partial charge in [-0.15, -0.1) is 0 Å². The van der Waals surface area contributed by atoms with Crippen LogP contribution in [0.1, 0.15) is 12.8 Å². The summed E-state index contributed by atoms with van der Waals surface area (Å²) in [5, 5.41) is 16.6. The lowest BCUT2D eigenvalue weighted by atomic mass is 10.3. The Morgan fingerprint density at radius 2 is 2.27 bits per heavy atom. The Bertz CT molecular complexity index is 390. The fourth-order valence-corrected chi connectivity index (χ4v) is 1.27. The summed E-state index contributed by atoms with van der Waals surface area (Å²) in [7, 11) is 1.73. The molecule has 1 fully saturated rings. The molecule has 0 bridgehead atoms. The first kappa shape index (κ1) is 9.70. The Kier molecular flexibility index (Phi) is 2.40. The van der Waals surface area contributed by atoms with Crippen molar-refractivity contribution in [1.29, 1.82) is 0 Å². The van der Waals surface area contributed by atoms with Gasteiger partial charge in [0.2, 0.25) is 5.82 Å². The van der Waals surface area contributed by atoms with Gasteiger partial charge in [-0.05, 0) is 18.9 Å². The predicted octanol–water partition coefficient (Wildman–Crippen LogP) is 1.61. The van der Waals surface area contributed by atoms with E-state index in [1.807, 2.05) is 0 Å². The molecule has 1 aromatic heterocycles. The molecule has 1 heterocycles. The summed E-state index contributed by atoms with van der Waals surface area (Å²) in [6.07, 6.45) is 2.12. The van der Waals surface area contributed by atoms with E-state index in [0.29, 0.717) is 17.7 Å². The summed E-state index contributed by atoms with van der Waals surface area (Å²) < 4.78 is 0. The van der Waals surface area contributed by atoms with Crippen molar-refractivity contribution in [3.05, 3.63) is 22.2 Å². The normalized spacial score (nSPS) is 14.7. The first-order valence-corrected chi connectivity index (χ1v) is 4.80. The molecule has 6 heteroatoms. The number of nitrogens with one attached hydrogen (secondary N) is 2. The van der Waals surface area contributed by atoms with Gasteiger partial charge in [-0.2, -0.15) is 0 Å². The summed E-state index contributed by atoms with van der Waals surface area (Å²) in [6, 6.07) is 3.41. The highest BCUT2D eigenvalue weighted by molar-refractivity contribution is 5.60. The molecule has 15 heavy (non-hydrogen) atoms. The van der Waals surface area contributed by atoms with Crippen molar-refractivity contribution in [2.24, 2.45) is 0 Å². The second kappa shape index (κ2) is 3.72. The highest BCUT2D eigenvalue weighted by atomic mass is 16.6. The van der Waals surface area contributed by atoms with Crippen molar-refractivity contribution < 1.29 is 4.92 Å². The minimum atomic E-state index is -0.419. The second-order valence-corrected chi connectivity index (χ2v) is 3.49. The molecule has 0 amide bonds. The van der Waals surface area contributed by atoms with Crippen molar-refractivity contribution >= 4 is 17.3 Å². The first-order valence-electron chi connectivity index (χ1n) is 4.80. The third-order valence-corrected chi connectivity index (χ3v) is 2.24. The maximum Gasteiger partial charge on any atom is 0.311 e. The lowest BCUT2D eigenvalue weighted by Gasteiger charge is -2.06. The van der Waals surface area contributed by atoms with Gasteiger partial charge in [0.15, 0.2) is 0 Å². The van der Waals surface area contributed by atoms with Crippen molar-refractivity contribution in [1.82, 2.24) is 4.98 Å². The molecule has 0 aliphatic heterocycles. The molecule has 1 aliphatic rings. The van der Waals surface area contributed by atoms with Crippen LogP contribution in [-0.4, -0.2) is 23.0 Å². The van der Waals surface area contributed by atoms with E-state index in [0.717, 1.165) is 12.8 Å². The number of rotatable bonds is 4. The van der Waals surface area contributed by atoms with Crippen LogP contribution in [0.2, 0.25) is 0 Å². The standard InChI is InChI=1S/C9H12N4O2/c1-10-8-5-4-7(13(14)15)9(12-8)11-6-2-3-6/h4-6H,2-3H2,1H3,(H2,10,11,12). The van der Waals surface area contributed by atoms with Gasteiger partial charge in [-0.1, -0.05) is 0 Å². The second-order valence-electron chi connectivity index (χ2n) is 3.49. The quantitative estimate of drug-likeness (QED) is 0.580. The minimum absolute atomic E-state index is 0.0286. The molecule has 80 valence electrons. The number of hydrogen-bond acceptors (Lipinski definition) is 5. The number of pyridine rings is 1. The topological polar surface area (TPSA) is 80.1 Å². The molecule has 2 rings (SSSR count). The maximum atomic E-state index is 10.7. The van der Waals surface area contributed by atoms with Crippen LogP contribution in [0.5, 0.6) is 0 Å². The molecular formula is C9H12N4O2. The largest absolute Gasteiger partial charge is 0.373 e. The summed E-state index contributed by atoms with van der Waals surface area (Å²) in [4.78, 5) is 14.4. The Balaban J connectivity index is 2.30. The van der Waals surface area contributed by atoms with Crippen LogP contribution >= 0.6 is 0 Å². The van der Waals surface area contributed by atoms with Crippen LogP contribution in [0.25, 0.3) is 0 Å². The average molecular weight is 208 g/mol. The summed E-state index contributed by atoms with van der Waals surface area (Å²) in [5.41, 5.74) is 0.0286. The molecule has 1 aliphatic carbocycles. The molecule has 0 atom stereocenters. The molecule has 0 saturated heterocycles. The van der Waals surface area contributed by atoms with E-state index >= 15 is 0 Å². The van der Waals surface area contributed by atoms with E-state index in [1.54, 1.807) is 13.1 Å². The molecule has 0 spiro atoms. The van der Waals surface area contributed by atoms with Crippen LogP contribution in [0.3, 0.4) is 0 Å². The molecule has 6 nitrogen and oxygen atoms in total. The van der Waals surface area contributed by atoms with E-state index in [4.69, 9.17) is 0 Å². The van der Waals surface area contributed by atoms with Crippen LogP contribution in [0, 0.1) is 10.1 Å². The van der Waals surface area contributed by atoms with E-state index in [-0.39, 0.29) is 5.69 Å². The van der Waals surface area contributed by atoms with Gasteiger partial charge in [0, 0.05) is 19.2 Å². The zero-order valence-electron chi connectivity index (χ0n) is 8.36. The zero-order chi connectivity index (χ0) is 10.8. The molecule has 0 aromatic carbocycles. The lowest BCUT2D eigenvalue weighted by molar-refractivity contribution is -0.384.